The van der Waals surface area contributed by atoms with Gasteiger partial charge in [-0.1, -0.05) is 11.6 Å². The van der Waals surface area contributed by atoms with Crippen molar-refractivity contribution in [2.45, 2.75) is 6.92 Å². The van der Waals surface area contributed by atoms with Crippen LogP contribution in [0.5, 0.6) is 0 Å². The summed E-state index contributed by atoms with van der Waals surface area (Å²) >= 11 is 5.91. The number of nitrogens with zero attached hydrogens (tertiary/aromatic N) is 2. The number of halogens is 1. The molecule has 1 aromatic carbocycles. The van der Waals surface area contributed by atoms with Crippen molar-refractivity contribution in [2.75, 3.05) is 31.9 Å². The fourth-order valence-corrected chi connectivity index (χ4v) is 2.25. The normalized spacial score (nSPS) is 15.5. The first-order valence-corrected chi connectivity index (χ1v) is 6.46. The summed E-state index contributed by atoms with van der Waals surface area (Å²) in [6.07, 6.45) is 0. The zero-order valence-corrected chi connectivity index (χ0v) is 11.5. The van der Waals surface area contributed by atoms with Crippen molar-refractivity contribution in [2.24, 2.45) is 0 Å². The Morgan fingerprint density at radius 1 is 1.16 bits per heavy atom. The Balaban J connectivity index is 2.05. The van der Waals surface area contributed by atoms with Crippen LogP contribution in [0.3, 0.4) is 0 Å². The molecule has 5 nitrogen and oxygen atoms in total. The lowest BCUT2D eigenvalue weighted by Gasteiger charge is -2.34. The lowest BCUT2D eigenvalue weighted by Crippen LogP contribution is -2.50. The van der Waals surface area contributed by atoms with Crippen LogP contribution in [0.4, 0.5) is 5.69 Å². The van der Waals surface area contributed by atoms with E-state index in [1.807, 2.05) is 0 Å². The van der Waals surface area contributed by atoms with Gasteiger partial charge in [0.05, 0.1) is 10.7 Å². The van der Waals surface area contributed by atoms with Crippen LogP contribution in [-0.4, -0.2) is 47.8 Å². The van der Waals surface area contributed by atoms with Gasteiger partial charge >= 0.3 is 0 Å². The number of carbonyl (C=O) groups excluding carboxylic acids is 2. The number of hydrogen-bond acceptors (Lipinski definition) is 3. The summed E-state index contributed by atoms with van der Waals surface area (Å²) in [6, 6.07) is 4.87. The average molecular weight is 282 g/mol. The lowest BCUT2D eigenvalue weighted by molar-refractivity contribution is -0.130. The number of nitrogen functional groups attached to an aromatic ring is 1. The van der Waals surface area contributed by atoms with Crippen LogP contribution in [0.25, 0.3) is 0 Å². The summed E-state index contributed by atoms with van der Waals surface area (Å²) in [6.45, 7) is 3.77. The molecular formula is C13H16ClN3O2. The van der Waals surface area contributed by atoms with Gasteiger partial charge in [-0.05, 0) is 18.2 Å². The fourth-order valence-electron chi connectivity index (χ4n) is 2.07. The molecule has 1 aromatic rings. The van der Waals surface area contributed by atoms with Gasteiger partial charge in [0.2, 0.25) is 5.91 Å². The maximum Gasteiger partial charge on any atom is 0.254 e. The van der Waals surface area contributed by atoms with E-state index in [-0.39, 0.29) is 11.8 Å². The number of hydrogen-bond donors (Lipinski definition) is 1. The zero-order valence-electron chi connectivity index (χ0n) is 10.7. The molecule has 0 saturated carbocycles. The van der Waals surface area contributed by atoms with E-state index >= 15 is 0 Å². The maximum atomic E-state index is 12.3. The Kier molecular flexibility index (Phi) is 3.95. The maximum absolute atomic E-state index is 12.3. The molecule has 1 aliphatic heterocycles. The molecule has 1 aliphatic rings. The molecule has 0 aliphatic carbocycles. The van der Waals surface area contributed by atoms with Gasteiger partial charge in [0.1, 0.15) is 0 Å². The Morgan fingerprint density at radius 3 is 2.26 bits per heavy atom. The summed E-state index contributed by atoms with van der Waals surface area (Å²) in [5, 5.41) is 0.383. The van der Waals surface area contributed by atoms with Gasteiger partial charge < -0.3 is 15.5 Å². The Labute approximate surface area is 116 Å². The van der Waals surface area contributed by atoms with Gasteiger partial charge in [-0.3, -0.25) is 9.59 Å². The number of benzene rings is 1. The molecule has 0 aromatic heterocycles. The fraction of sp³-hybridized carbons (Fsp3) is 0.385. The molecule has 0 spiro atoms. The van der Waals surface area contributed by atoms with Gasteiger partial charge in [0, 0.05) is 38.7 Å². The number of piperazine rings is 1. The van der Waals surface area contributed by atoms with E-state index in [2.05, 4.69) is 0 Å². The van der Waals surface area contributed by atoms with Crippen LogP contribution >= 0.6 is 11.6 Å². The molecule has 1 saturated heterocycles. The highest BCUT2D eigenvalue weighted by molar-refractivity contribution is 6.33. The quantitative estimate of drug-likeness (QED) is 0.787. The number of rotatable bonds is 1. The molecule has 19 heavy (non-hydrogen) atoms. The minimum Gasteiger partial charge on any atom is -0.398 e. The number of anilines is 1. The number of carbonyl (C=O) groups is 2. The van der Waals surface area contributed by atoms with Gasteiger partial charge in [-0.25, -0.2) is 0 Å². The number of amides is 2. The van der Waals surface area contributed by atoms with E-state index in [1.165, 1.54) is 6.92 Å². The van der Waals surface area contributed by atoms with E-state index in [0.717, 1.165) is 0 Å². The van der Waals surface area contributed by atoms with Crippen molar-refractivity contribution in [1.82, 2.24) is 9.80 Å². The third kappa shape index (κ3) is 2.98. The first-order chi connectivity index (χ1) is 8.99. The average Bonchev–Trinajstić information content (AvgIpc) is 2.41. The van der Waals surface area contributed by atoms with Crippen LogP contribution in [0, 0.1) is 0 Å². The van der Waals surface area contributed by atoms with E-state index < -0.39 is 0 Å². The second kappa shape index (κ2) is 5.48. The molecule has 2 rings (SSSR count). The predicted octanol–water partition coefficient (Wildman–Crippen LogP) is 1.23. The van der Waals surface area contributed by atoms with Crippen molar-refractivity contribution in [3.8, 4) is 0 Å². The second-order valence-corrected chi connectivity index (χ2v) is 4.94. The molecule has 102 valence electrons. The van der Waals surface area contributed by atoms with Crippen molar-refractivity contribution in [3.63, 3.8) is 0 Å². The minimum absolute atomic E-state index is 0.0441. The summed E-state index contributed by atoms with van der Waals surface area (Å²) in [5.74, 6) is -0.0345. The Hall–Kier alpha value is -1.75. The highest BCUT2D eigenvalue weighted by Gasteiger charge is 2.23. The van der Waals surface area contributed by atoms with Crippen LogP contribution in [-0.2, 0) is 4.79 Å². The van der Waals surface area contributed by atoms with Crippen LogP contribution in [0.1, 0.15) is 17.3 Å². The van der Waals surface area contributed by atoms with Gasteiger partial charge in [-0.15, -0.1) is 0 Å². The topological polar surface area (TPSA) is 66.6 Å². The molecule has 0 atom stereocenters. The predicted molar refractivity (Wildman–Crippen MR) is 74.0 cm³/mol. The van der Waals surface area contributed by atoms with Crippen molar-refractivity contribution >= 4 is 29.1 Å². The molecule has 6 heteroatoms. The Bertz CT molecular complexity index is 511. The summed E-state index contributed by atoms with van der Waals surface area (Å²) in [5.41, 5.74) is 6.60. The minimum atomic E-state index is -0.0786. The SMILES string of the molecule is CC(=O)N1CCN(C(=O)c2ccc(N)c(Cl)c2)CC1. The van der Waals surface area contributed by atoms with E-state index in [4.69, 9.17) is 17.3 Å². The van der Waals surface area contributed by atoms with E-state index in [0.29, 0.717) is 42.5 Å². The highest BCUT2D eigenvalue weighted by atomic mass is 35.5. The second-order valence-electron chi connectivity index (χ2n) is 4.53. The highest BCUT2D eigenvalue weighted by Crippen LogP contribution is 2.21. The van der Waals surface area contributed by atoms with Gasteiger partial charge in [0.25, 0.3) is 5.91 Å². The molecule has 1 fully saturated rings. The lowest BCUT2D eigenvalue weighted by atomic mass is 10.1. The molecule has 0 radical (unpaired) electrons. The van der Waals surface area contributed by atoms with E-state index in [9.17, 15) is 9.59 Å². The molecule has 0 bridgehead atoms. The van der Waals surface area contributed by atoms with E-state index in [1.54, 1.807) is 28.0 Å². The molecule has 2 N–H and O–H groups in total. The molecule has 0 unspecified atom stereocenters. The van der Waals surface area contributed by atoms with Crippen LogP contribution in [0.2, 0.25) is 5.02 Å². The monoisotopic (exact) mass is 281 g/mol. The third-order valence-electron chi connectivity index (χ3n) is 3.26. The largest absolute Gasteiger partial charge is 0.398 e. The molecule has 2 amide bonds. The smallest absolute Gasteiger partial charge is 0.254 e. The standard InChI is InChI=1S/C13H16ClN3O2/c1-9(18)16-4-6-17(7-5-16)13(19)10-2-3-12(15)11(14)8-10/h2-3,8H,4-7,15H2,1H3. The first kappa shape index (κ1) is 13.7. The molecular weight excluding hydrogens is 266 g/mol. The Morgan fingerprint density at radius 2 is 1.74 bits per heavy atom. The van der Waals surface area contributed by atoms with Crippen molar-refractivity contribution < 1.29 is 9.59 Å². The first-order valence-electron chi connectivity index (χ1n) is 6.09. The summed E-state index contributed by atoms with van der Waals surface area (Å²) in [4.78, 5) is 26.9. The summed E-state index contributed by atoms with van der Waals surface area (Å²) in [7, 11) is 0. The summed E-state index contributed by atoms with van der Waals surface area (Å²) < 4.78 is 0. The van der Waals surface area contributed by atoms with Crippen LogP contribution in [0.15, 0.2) is 18.2 Å². The zero-order chi connectivity index (χ0) is 14.0. The third-order valence-corrected chi connectivity index (χ3v) is 3.59. The van der Waals surface area contributed by atoms with Gasteiger partial charge in [0.15, 0.2) is 0 Å². The van der Waals surface area contributed by atoms with Crippen molar-refractivity contribution in [3.05, 3.63) is 28.8 Å². The molecule has 1 heterocycles. The van der Waals surface area contributed by atoms with Crippen LogP contribution < -0.4 is 5.73 Å². The number of nitrogens with two attached hydrogens (primary N) is 1. The van der Waals surface area contributed by atoms with Gasteiger partial charge in [-0.2, -0.15) is 0 Å². The van der Waals surface area contributed by atoms with Crippen molar-refractivity contribution in [1.29, 1.82) is 0 Å².